The predicted octanol–water partition coefficient (Wildman–Crippen LogP) is 2.53. The first-order valence-electron chi connectivity index (χ1n) is 6.61. The largest absolute Gasteiger partial charge is 0.368 e. The lowest BCUT2D eigenvalue weighted by molar-refractivity contribution is 0.878. The van der Waals surface area contributed by atoms with Crippen LogP contribution in [0.15, 0.2) is 42.6 Å². The summed E-state index contributed by atoms with van der Waals surface area (Å²) in [6.07, 6.45) is 2.77. The SMILES string of the molecule is Cc1cc(CCN)ccc1N(C)Cc1ccccn1. The van der Waals surface area contributed by atoms with E-state index < -0.39 is 0 Å². The molecule has 3 heteroatoms. The van der Waals surface area contributed by atoms with Crippen molar-refractivity contribution in [3.05, 3.63) is 59.4 Å². The Balaban J connectivity index is 2.13. The van der Waals surface area contributed by atoms with E-state index in [2.05, 4.69) is 48.1 Å². The zero-order chi connectivity index (χ0) is 13.7. The highest BCUT2D eigenvalue weighted by atomic mass is 15.1. The highest BCUT2D eigenvalue weighted by Gasteiger charge is 2.06. The molecule has 100 valence electrons. The molecule has 0 bridgehead atoms. The zero-order valence-corrected chi connectivity index (χ0v) is 11.6. The molecular formula is C16H21N3. The second kappa shape index (κ2) is 6.34. The molecule has 0 saturated heterocycles. The molecule has 0 atom stereocenters. The number of pyridine rings is 1. The predicted molar refractivity (Wildman–Crippen MR) is 80.3 cm³/mol. The van der Waals surface area contributed by atoms with Gasteiger partial charge in [0.25, 0.3) is 0 Å². The summed E-state index contributed by atoms with van der Waals surface area (Å²) in [6, 6.07) is 12.6. The smallest absolute Gasteiger partial charge is 0.0598 e. The van der Waals surface area contributed by atoms with Gasteiger partial charge in [-0.3, -0.25) is 4.98 Å². The lowest BCUT2D eigenvalue weighted by Gasteiger charge is -2.21. The van der Waals surface area contributed by atoms with Gasteiger partial charge in [0.1, 0.15) is 0 Å². The van der Waals surface area contributed by atoms with Crippen molar-refractivity contribution in [3.63, 3.8) is 0 Å². The number of aryl methyl sites for hydroxylation is 1. The summed E-state index contributed by atoms with van der Waals surface area (Å²) < 4.78 is 0. The van der Waals surface area contributed by atoms with Gasteiger partial charge in [-0.15, -0.1) is 0 Å². The Morgan fingerprint density at radius 1 is 1.21 bits per heavy atom. The molecule has 2 aromatic rings. The molecule has 1 aromatic heterocycles. The third kappa shape index (κ3) is 3.55. The van der Waals surface area contributed by atoms with Crippen molar-refractivity contribution in [1.82, 2.24) is 4.98 Å². The van der Waals surface area contributed by atoms with E-state index in [1.807, 2.05) is 18.3 Å². The first-order valence-corrected chi connectivity index (χ1v) is 6.61. The molecule has 0 radical (unpaired) electrons. The maximum absolute atomic E-state index is 5.59. The van der Waals surface area contributed by atoms with Gasteiger partial charge in [0, 0.05) is 18.9 Å². The third-order valence-corrected chi connectivity index (χ3v) is 3.23. The Morgan fingerprint density at radius 2 is 2.05 bits per heavy atom. The average Bonchev–Trinajstić information content (AvgIpc) is 2.40. The Kier molecular flexibility index (Phi) is 4.53. The Bertz CT molecular complexity index is 523. The van der Waals surface area contributed by atoms with E-state index in [1.54, 1.807) is 0 Å². The Hall–Kier alpha value is -1.87. The minimum Gasteiger partial charge on any atom is -0.368 e. The molecule has 0 fully saturated rings. The molecular weight excluding hydrogens is 234 g/mol. The summed E-state index contributed by atoms with van der Waals surface area (Å²) in [6.45, 7) is 3.66. The van der Waals surface area contributed by atoms with Crippen LogP contribution in [-0.4, -0.2) is 18.6 Å². The molecule has 1 aromatic carbocycles. The number of nitrogens with zero attached hydrogens (tertiary/aromatic N) is 2. The van der Waals surface area contributed by atoms with Gasteiger partial charge in [0.2, 0.25) is 0 Å². The van der Waals surface area contributed by atoms with Crippen LogP contribution in [0.4, 0.5) is 5.69 Å². The number of hydrogen-bond donors (Lipinski definition) is 1. The van der Waals surface area contributed by atoms with Gasteiger partial charge in [-0.2, -0.15) is 0 Å². The second-order valence-electron chi connectivity index (χ2n) is 4.84. The summed E-state index contributed by atoms with van der Waals surface area (Å²) in [5.74, 6) is 0. The topological polar surface area (TPSA) is 42.1 Å². The van der Waals surface area contributed by atoms with Crippen molar-refractivity contribution in [2.24, 2.45) is 5.73 Å². The van der Waals surface area contributed by atoms with E-state index in [4.69, 9.17) is 5.73 Å². The van der Waals surface area contributed by atoms with E-state index in [0.29, 0.717) is 6.54 Å². The fourth-order valence-electron chi connectivity index (χ4n) is 2.29. The van der Waals surface area contributed by atoms with Crippen LogP contribution in [0.1, 0.15) is 16.8 Å². The van der Waals surface area contributed by atoms with Crippen LogP contribution in [0.25, 0.3) is 0 Å². The number of benzene rings is 1. The van der Waals surface area contributed by atoms with Gasteiger partial charge in [-0.1, -0.05) is 18.2 Å². The summed E-state index contributed by atoms with van der Waals surface area (Å²) in [4.78, 5) is 6.59. The molecule has 0 saturated carbocycles. The Morgan fingerprint density at radius 3 is 2.68 bits per heavy atom. The lowest BCUT2D eigenvalue weighted by Crippen LogP contribution is -2.18. The van der Waals surface area contributed by atoms with Crippen molar-refractivity contribution >= 4 is 5.69 Å². The van der Waals surface area contributed by atoms with E-state index in [-0.39, 0.29) is 0 Å². The molecule has 2 rings (SSSR count). The molecule has 0 amide bonds. The lowest BCUT2D eigenvalue weighted by atomic mass is 10.1. The van der Waals surface area contributed by atoms with Crippen LogP contribution in [0.3, 0.4) is 0 Å². The number of aromatic nitrogens is 1. The van der Waals surface area contributed by atoms with E-state index in [9.17, 15) is 0 Å². The van der Waals surface area contributed by atoms with E-state index in [0.717, 1.165) is 18.7 Å². The standard InChI is InChI=1S/C16H21N3/c1-13-11-14(8-9-17)6-7-16(13)19(2)12-15-5-3-4-10-18-15/h3-7,10-11H,8-9,12,17H2,1-2H3. The van der Waals surface area contributed by atoms with Gasteiger partial charge < -0.3 is 10.6 Å². The molecule has 0 aliphatic heterocycles. The molecule has 19 heavy (non-hydrogen) atoms. The van der Waals surface area contributed by atoms with Crippen LogP contribution in [-0.2, 0) is 13.0 Å². The van der Waals surface area contributed by atoms with Crippen LogP contribution in [0.5, 0.6) is 0 Å². The minimum absolute atomic E-state index is 0.697. The maximum atomic E-state index is 5.59. The van der Waals surface area contributed by atoms with Gasteiger partial charge in [-0.25, -0.2) is 0 Å². The van der Waals surface area contributed by atoms with Crippen LogP contribution in [0.2, 0.25) is 0 Å². The molecule has 2 N–H and O–H groups in total. The van der Waals surface area contributed by atoms with Crippen LogP contribution in [0, 0.1) is 6.92 Å². The summed E-state index contributed by atoms with van der Waals surface area (Å²) in [7, 11) is 2.10. The summed E-state index contributed by atoms with van der Waals surface area (Å²) >= 11 is 0. The number of nitrogens with two attached hydrogens (primary N) is 1. The zero-order valence-electron chi connectivity index (χ0n) is 11.6. The van der Waals surface area contributed by atoms with Gasteiger partial charge in [0.05, 0.1) is 12.2 Å². The molecule has 0 unspecified atom stereocenters. The van der Waals surface area contributed by atoms with Crippen molar-refractivity contribution < 1.29 is 0 Å². The van der Waals surface area contributed by atoms with Crippen LogP contribution >= 0.6 is 0 Å². The molecule has 3 nitrogen and oxygen atoms in total. The fraction of sp³-hybridized carbons (Fsp3) is 0.312. The Labute approximate surface area is 115 Å². The van der Waals surface area contributed by atoms with Gasteiger partial charge in [0.15, 0.2) is 0 Å². The van der Waals surface area contributed by atoms with Gasteiger partial charge in [-0.05, 0) is 49.2 Å². The van der Waals surface area contributed by atoms with E-state index in [1.165, 1.54) is 16.8 Å². The van der Waals surface area contributed by atoms with E-state index >= 15 is 0 Å². The molecule has 0 aliphatic carbocycles. The van der Waals surface area contributed by atoms with Gasteiger partial charge >= 0.3 is 0 Å². The van der Waals surface area contributed by atoms with Crippen LogP contribution < -0.4 is 10.6 Å². The highest BCUT2D eigenvalue weighted by Crippen LogP contribution is 2.21. The average molecular weight is 255 g/mol. The van der Waals surface area contributed by atoms with Crippen molar-refractivity contribution in [2.45, 2.75) is 19.9 Å². The first kappa shape index (κ1) is 13.6. The second-order valence-corrected chi connectivity index (χ2v) is 4.84. The summed E-state index contributed by atoms with van der Waals surface area (Å²) in [5, 5.41) is 0. The monoisotopic (exact) mass is 255 g/mol. The molecule has 1 heterocycles. The number of anilines is 1. The number of rotatable bonds is 5. The van der Waals surface area contributed by atoms with Crippen molar-refractivity contribution in [1.29, 1.82) is 0 Å². The normalized spacial score (nSPS) is 10.5. The highest BCUT2D eigenvalue weighted by molar-refractivity contribution is 5.54. The van der Waals surface area contributed by atoms with Crippen molar-refractivity contribution in [3.8, 4) is 0 Å². The fourth-order valence-corrected chi connectivity index (χ4v) is 2.29. The number of hydrogen-bond acceptors (Lipinski definition) is 3. The molecule has 0 aliphatic rings. The maximum Gasteiger partial charge on any atom is 0.0598 e. The first-order chi connectivity index (χ1) is 9.20. The summed E-state index contributed by atoms with van der Waals surface area (Å²) in [5.41, 5.74) is 10.5. The minimum atomic E-state index is 0.697. The third-order valence-electron chi connectivity index (χ3n) is 3.23. The molecule has 0 spiro atoms. The quantitative estimate of drug-likeness (QED) is 0.892. The van der Waals surface area contributed by atoms with Crippen molar-refractivity contribution in [2.75, 3.05) is 18.5 Å².